The summed E-state index contributed by atoms with van der Waals surface area (Å²) in [5.41, 5.74) is 0. The third-order valence-electron chi connectivity index (χ3n) is 8.37. The smallest absolute Gasteiger partial charge is 0.362 e. The molecule has 0 aliphatic heterocycles. The highest BCUT2D eigenvalue weighted by Gasteiger charge is 2.31. The van der Waals surface area contributed by atoms with Crippen molar-refractivity contribution in [1.29, 1.82) is 0 Å². The van der Waals surface area contributed by atoms with Crippen LogP contribution in [0.4, 0.5) is 0 Å². The summed E-state index contributed by atoms with van der Waals surface area (Å²) in [4.78, 5) is 36.7. The number of aliphatic carboxylic acids is 1. The Morgan fingerprint density at radius 3 is 1.60 bits per heavy atom. The molecule has 0 heterocycles. The Bertz CT molecular complexity index is 1080. The number of hydrogen-bond donors (Lipinski definition) is 1. The Morgan fingerprint density at radius 2 is 1.08 bits per heavy atom. The quantitative estimate of drug-likeness (QED) is 0.0305. The van der Waals surface area contributed by atoms with E-state index in [9.17, 15) is 19.5 Å². The zero-order valence-corrected chi connectivity index (χ0v) is 33.5. The summed E-state index contributed by atoms with van der Waals surface area (Å²) in [6.07, 6.45) is 42.5. The maximum atomic E-state index is 12.6. The average molecular weight is 729 g/mol. The van der Waals surface area contributed by atoms with Crippen molar-refractivity contribution in [3.05, 3.63) is 72.9 Å². The molecule has 0 aromatic heterocycles. The van der Waals surface area contributed by atoms with E-state index in [0.29, 0.717) is 25.7 Å². The van der Waals surface area contributed by atoms with Crippen LogP contribution in [-0.4, -0.2) is 80.6 Å². The van der Waals surface area contributed by atoms with Crippen LogP contribution >= 0.6 is 0 Å². The van der Waals surface area contributed by atoms with Gasteiger partial charge in [0, 0.05) is 19.3 Å². The topological polar surface area (TPSA) is 99.1 Å². The molecule has 0 radical (unpaired) electrons. The first kappa shape index (κ1) is 48.8. The number of carbonyl (C=O) groups is 3. The zero-order valence-electron chi connectivity index (χ0n) is 33.5. The third-order valence-corrected chi connectivity index (χ3v) is 8.37. The van der Waals surface area contributed by atoms with Gasteiger partial charge in [0.1, 0.15) is 6.61 Å². The standard InChI is InChI=1S/C44H73NO7/c1-6-8-10-12-14-15-16-17-18-19-20-21-22-23-24-25-26-27-29-30-32-34-42(46)51-39-40(38-50-37-36-41(44(48)49)45(3,4)5)52-43(47)35-33-31-28-13-11-9-7-2/h8,10,14-15,17-18,20-21,23-24,26-27,40-41H,6-7,9,11-13,16,19,22,25,28-39H2,1-5H3/p+1/b10-8+,15-14+,18-17+,21-20+,24-23+,27-26+. The number of hydrogen-bond acceptors (Lipinski definition) is 6. The van der Waals surface area contributed by atoms with Crippen molar-refractivity contribution in [2.24, 2.45) is 0 Å². The van der Waals surface area contributed by atoms with Gasteiger partial charge in [0.2, 0.25) is 0 Å². The normalized spacial score (nSPS) is 13.8. The van der Waals surface area contributed by atoms with Crippen LogP contribution < -0.4 is 0 Å². The Kier molecular flexibility index (Phi) is 32.7. The van der Waals surface area contributed by atoms with Gasteiger partial charge in [-0.15, -0.1) is 0 Å². The molecule has 0 fully saturated rings. The molecule has 296 valence electrons. The summed E-state index contributed by atoms with van der Waals surface area (Å²) < 4.78 is 17.1. The highest BCUT2D eigenvalue weighted by molar-refractivity contribution is 5.72. The molecule has 1 N–H and O–H groups in total. The number of allylic oxidation sites excluding steroid dienone is 12. The largest absolute Gasteiger partial charge is 0.477 e. The first-order valence-electron chi connectivity index (χ1n) is 20.0. The summed E-state index contributed by atoms with van der Waals surface area (Å²) in [5, 5.41) is 9.57. The Balaban J connectivity index is 4.36. The minimum Gasteiger partial charge on any atom is -0.477 e. The summed E-state index contributed by atoms with van der Waals surface area (Å²) in [6.45, 7) is 4.50. The molecule has 0 aromatic rings. The number of rotatable bonds is 34. The van der Waals surface area contributed by atoms with Crippen LogP contribution in [0.2, 0.25) is 0 Å². The number of nitrogens with zero attached hydrogens (tertiary/aromatic N) is 1. The Labute approximate surface area is 317 Å². The van der Waals surface area contributed by atoms with Crippen molar-refractivity contribution in [3.63, 3.8) is 0 Å². The second-order valence-electron chi connectivity index (χ2n) is 14.2. The van der Waals surface area contributed by atoms with E-state index in [0.717, 1.165) is 70.6 Å². The molecular weight excluding hydrogens is 654 g/mol. The molecule has 0 amide bonds. The fourth-order valence-electron chi connectivity index (χ4n) is 5.27. The highest BCUT2D eigenvalue weighted by atomic mass is 16.6. The lowest BCUT2D eigenvalue weighted by atomic mass is 10.1. The lowest BCUT2D eigenvalue weighted by Gasteiger charge is -2.31. The van der Waals surface area contributed by atoms with E-state index in [4.69, 9.17) is 14.2 Å². The second-order valence-corrected chi connectivity index (χ2v) is 14.2. The Morgan fingerprint density at radius 1 is 0.596 bits per heavy atom. The SMILES string of the molecule is CC/C=C/C/C=C/C/C=C/C/C=C/C/C=C/C/C=C/CCCCC(=O)OCC(COCCC(C(=O)O)[N+](C)(C)C)OC(=O)CCCCCCCCC. The van der Waals surface area contributed by atoms with Gasteiger partial charge < -0.3 is 23.8 Å². The summed E-state index contributed by atoms with van der Waals surface area (Å²) in [7, 11) is 5.49. The Hall–Kier alpha value is -3.23. The molecule has 0 saturated carbocycles. The molecule has 8 nitrogen and oxygen atoms in total. The highest BCUT2D eigenvalue weighted by Crippen LogP contribution is 2.12. The van der Waals surface area contributed by atoms with Crippen molar-refractivity contribution >= 4 is 17.9 Å². The number of carboxylic acid groups (broad SMARTS) is 1. The predicted molar refractivity (Wildman–Crippen MR) is 215 cm³/mol. The van der Waals surface area contributed by atoms with Gasteiger partial charge in [0.15, 0.2) is 12.1 Å². The van der Waals surface area contributed by atoms with Gasteiger partial charge in [-0.05, 0) is 64.2 Å². The van der Waals surface area contributed by atoms with E-state index in [-0.39, 0.29) is 36.2 Å². The van der Waals surface area contributed by atoms with E-state index < -0.39 is 18.1 Å². The molecule has 2 atom stereocenters. The van der Waals surface area contributed by atoms with Gasteiger partial charge in [0.25, 0.3) is 0 Å². The number of carboxylic acids is 1. The first-order valence-corrected chi connectivity index (χ1v) is 20.0. The third kappa shape index (κ3) is 32.7. The number of carbonyl (C=O) groups excluding carboxylic acids is 2. The molecule has 52 heavy (non-hydrogen) atoms. The number of likely N-dealkylation sites (N-methyl/N-ethyl adjacent to an activating group) is 1. The number of unbranched alkanes of at least 4 members (excludes halogenated alkanes) is 8. The number of ether oxygens (including phenoxy) is 3. The fraction of sp³-hybridized carbons (Fsp3) is 0.659. The van der Waals surface area contributed by atoms with Gasteiger partial charge >= 0.3 is 17.9 Å². The van der Waals surface area contributed by atoms with Crippen molar-refractivity contribution in [3.8, 4) is 0 Å². The molecule has 8 heteroatoms. The molecule has 0 aliphatic carbocycles. The van der Waals surface area contributed by atoms with Gasteiger partial charge in [0.05, 0.1) is 34.4 Å². The van der Waals surface area contributed by atoms with E-state index in [2.05, 4.69) is 86.8 Å². The van der Waals surface area contributed by atoms with E-state index >= 15 is 0 Å². The van der Waals surface area contributed by atoms with E-state index in [1.807, 2.05) is 21.1 Å². The zero-order chi connectivity index (χ0) is 38.5. The molecule has 0 bridgehead atoms. The maximum absolute atomic E-state index is 12.6. The lowest BCUT2D eigenvalue weighted by Crippen LogP contribution is -2.50. The maximum Gasteiger partial charge on any atom is 0.362 e. The van der Waals surface area contributed by atoms with Gasteiger partial charge in [-0.1, -0.05) is 125 Å². The lowest BCUT2D eigenvalue weighted by molar-refractivity contribution is -0.887. The van der Waals surface area contributed by atoms with E-state index in [1.54, 1.807) is 0 Å². The van der Waals surface area contributed by atoms with Crippen LogP contribution in [0, 0.1) is 0 Å². The van der Waals surface area contributed by atoms with Crippen LogP contribution in [0.1, 0.15) is 136 Å². The van der Waals surface area contributed by atoms with Crippen molar-refractivity contribution in [1.82, 2.24) is 0 Å². The van der Waals surface area contributed by atoms with Crippen LogP contribution in [0.3, 0.4) is 0 Å². The van der Waals surface area contributed by atoms with Gasteiger partial charge in [-0.2, -0.15) is 0 Å². The van der Waals surface area contributed by atoms with Crippen molar-refractivity contribution < 1.29 is 38.2 Å². The first-order chi connectivity index (χ1) is 25.1. The van der Waals surface area contributed by atoms with Gasteiger partial charge in [-0.25, -0.2) is 4.79 Å². The summed E-state index contributed by atoms with van der Waals surface area (Å²) in [6, 6.07) is -0.621. The van der Waals surface area contributed by atoms with Crippen LogP contribution in [0.25, 0.3) is 0 Å². The van der Waals surface area contributed by atoms with Gasteiger partial charge in [-0.3, -0.25) is 9.59 Å². The second kappa shape index (κ2) is 34.8. The van der Waals surface area contributed by atoms with Crippen LogP contribution in [0.5, 0.6) is 0 Å². The van der Waals surface area contributed by atoms with Crippen LogP contribution in [-0.2, 0) is 28.6 Å². The van der Waals surface area contributed by atoms with Crippen molar-refractivity contribution in [2.45, 2.75) is 148 Å². The minimum absolute atomic E-state index is 0.0439. The number of esters is 2. The summed E-state index contributed by atoms with van der Waals surface area (Å²) >= 11 is 0. The average Bonchev–Trinajstić information content (AvgIpc) is 3.09. The fourth-order valence-corrected chi connectivity index (χ4v) is 5.27. The van der Waals surface area contributed by atoms with Crippen molar-refractivity contribution in [2.75, 3.05) is 41.0 Å². The summed E-state index contributed by atoms with van der Waals surface area (Å²) in [5.74, 6) is -1.54. The molecule has 0 saturated heterocycles. The molecule has 2 unspecified atom stereocenters. The molecular formula is C44H74NO7+. The number of quaternary nitrogens is 1. The molecule has 0 rings (SSSR count). The molecule has 0 spiro atoms. The minimum atomic E-state index is -0.886. The van der Waals surface area contributed by atoms with E-state index in [1.165, 1.54) is 25.7 Å². The predicted octanol–water partition coefficient (Wildman–Crippen LogP) is 10.4. The monoisotopic (exact) mass is 729 g/mol. The molecule has 0 aromatic carbocycles. The molecule has 0 aliphatic rings. The van der Waals surface area contributed by atoms with Crippen LogP contribution in [0.15, 0.2) is 72.9 Å².